The lowest BCUT2D eigenvalue weighted by Crippen LogP contribution is -2.54. The number of anilines is 2. The van der Waals surface area contributed by atoms with Crippen molar-refractivity contribution in [2.45, 2.75) is 31.3 Å². The number of ether oxygens (including phenoxy) is 1. The summed E-state index contributed by atoms with van der Waals surface area (Å²) in [5.41, 5.74) is 7.52. The van der Waals surface area contributed by atoms with Gasteiger partial charge in [-0.1, -0.05) is 121 Å². The van der Waals surface area contributed by atoms with Crippen molar-refractivity contribution in [1.82, 2.24) is 5.32 Å². The highest BCUT2D eigenvalue weighted by atomic mass is 35.5. The molecule has 1 N–H and O–H groups in total. The number of fused-ring (bicyclic) bond motifs is 1. The summed E-state index contributed by atoms with van der Waals surface area (Å²) >= 11 is 6.69. The van der Waals surface area contributed by atoms with E-state index in [-0.39, 0.29) is 17.4 Å². The molecule has 1 saturated heterocycles. The van der Waals surface area contributed by atoms with E-state index in [1.165, 1.54) is 22.9 Å². The first-order chi connectivity index (χ1) is 26.4. The Bertz CT molecular complexity index is 2400. The van der Waals surface area contributed by atoms with E-state index in [0.29, 0.717) is 28.6 Å². The monoisotopic (exact) mass is 729 g/mol. The number of benzene rings is 6. The average molecular weight is 730 g/mol. The van der Waals surface area contributed by atoms with Crippen LogP contribution < -0.4 is 19.9 Å². The molecule has 0 aliphatic carbocycles. The third-order valence-corrected chi connectivity index (χ3v) is 11.2. The molecule has 9 rings (SSSR count). The first kappa shape index (κ1) is 33.6. The van der Waals surface area contributed by atoms with Crippen LogP contribution in [-0.4, -0.2) is 30.9 Å². The first-order valence-corrected chi connectivity index (χ1v) is 18.6. The number of carbonyl (C=O) groups excluding carboxylic acids is 3. The minimum absolute atomic E-state index is 0.0776. The SMILES string of the molecule is O=C1NC(=O)N(c2cc3c4c(c2)[C@H](c2ccccc2)CCN4CC[C@H]3c2ccccc2)C(=O)/C1=C/c1ccc(OCc2cccc3ccccc23)c(Cl)c1. The van der Waals surface area contributed by atoms with Crippen LogP contribution in [0.2, 0.25) is 5.02 Å². The maximum absolute atomic E-state index is 14.3. The van der Waals surface area contributed by atoms with Gasteiger partial charge in [-0.25, -0.2) is 9.69 Å². The molecule has 0 unspecified atom stereocenters. The number of nitrogens with one attached hydrogen (secondary N) is 1. The highest BCUT2D eigenvalue weighted by Gasteiger charge is 2.40. The molecule has 2 atom stereocenters. The van der Waals surface area contributed by atoms with Gasteiger partial charge in [-0.15, -0.1) is 0 Å². The third-order valence-electron chi connectivity index (χ3n) is 10.9. The molecule has 7 nitrogen and oxygen atoms in total. The second kappa shape index (κ2) is 14.0. The van der Waals surface area contributed by atoms with Gasteiger partial charge in [-0.05, 0) is 87.3 Å². The van der Waals surface area contributed by atoms with Crippen molar-refractivity contribution in [3.05, 3.63) is 177 Å². The van der Waals surface area contributed by atoms with E-state index in [1.54, 1.807) is 18.2 Å². The van der Waals surface area contributed by atoms with Crippen LogP contribution in [0.4, 0.5) is 16.2 Å². The van der Waals surface area contributed by atoms with Gasteiger partial charge in [0.1, 0.15) is 17.9 Å². The molecule has 3 heterocycles. The Hall–Kier alpha value is -6.18. The number of hydrogen-bond acceptors (Lipinski definition) is 5. The van der Waals surface area contributed by atoms with E-state index < -0.39 is 17.8 Å². The van der Waals surface area contributed by atoms with Crippen LogP contribution in [0.25, 0.3) is 16.8 Å². The van der Waals surface area contributed by atoms with Crippen LogP contribution in [0.15, 0.2) is 139 Å². The van der Waals surface area contributed by atoms with Crippen molar-refractivity contribution in [2.75, 3.05) is 22.9 Å². The van der Waals surface area contributed by atoms with Crippen molar-refractivity contribution in [3.63, 3.8) is 0 Å². The number of urea groups is 1. The quantitative estimate of drug-likeness (QED) is 0.131. The van der Waals surface area contributed by atoms with Crippen LogP contribution in [0.5, 0.6) is 5.75 Å². The summed E-state index contributed by atoms with van der Waals surface area (Å²) in [6, 6.07) is 43.2. The largest absolute Gasteiger partial charge is 0.487 e. The maximum Gasteiger partial charge on any atom is 0.335 e. The minimum atomic E-state index is -0.777. The van der Waals surface area contributed by atoms with Crippen molar-refractivity contribution in [2.24, 2.45) is 0 Å². The van der Waals surface area contributed by atoms with Gasteiger partial charge in [0.2, 0.25) is 0 Å². The van der Waals surface area contributed by atoms with E-state index in [9.17, 15) is 14.4 Å². The molecule has 0 bridgehead atoms. The van der Waals surface area contributed by atoms with Crippen LogP contribution >= 0.6 is 11.6 Å². The molecule has 54 heavy (non-hydrogen) atoms. The molecule has 0 radical (unpaired) electrons. The lowest BCUT2D eigenvalue weighted by atomic mass is 9.76. The topological polar surface area (TPSA) is 79.0 Å². The summed E-state index contributed by atoms with van der Waals surface area (Å²) in [6.07, 6.45) is 3.28. The Labute approximate surface area is 318 Å². The van der Waals surface area contributed by atoms with Gasteiger partial charge < -0.3 is 9.64 Å². The highest BCUT2D eigenvalue weighted by molar-refractivity contribution is 6.39. The summed E-state index contributed by atoms with van der Waals surface area (Å²) in [4.78, 5) is 44.8. The molecule has 0 aromatic heterocycles. The van der Waals surface area contributed by atoms with Crippen molar-refractivity contribution >= 4 is 57.7 Å². The fourth-order valence-corrected chi connectivity index (χ4v) is 8.57. The molecule has 0 saturated carbocycles. The molecule has 266 valence electrons. The van der Waals surface area contributed by atoms with Gasteiger partial charge in [-0.2, -0.15) is 0 Å². The van der Waals surface area contributed by atoms with Crippen molar-refractivity contribution in [3.8, 4) is 5.75 Å². The van der Waals surface area contributed by atoms with E-state index in [1.807, 2.05) is 72.8 Å². The first-order valence-electron chi connectivity index (χ1n) is 18.3. The van der Waals surface area contributed by atoms with Gasteiger partial charge in [0.05, 0.1) is 10.7 Å². The number of nitrogens with zero attached hydrogens (tertiary/aromatic N) is 2. The summed E-state index contributed by atoms with van der Waals surface area (Å²) < 4.78 is 6.11. The molecule has 3 aliphatic rings. The minimum Gasteiger partial charge on any atom is -0.487 e. The number of halogens is 1. The van der Waals surface area contributed by atoms with Gasteiger partial charge in [-0.3, -0.25) is 14.9 Å². The number of carbonyl (C=O) groups is 3. The predicted molar refractivity (Wildman–Crippen MR) is 213 cm³/mol. The van der Waals surface area contributed by atoms with Gasteiger partial charge in [0, 0.05) is 30.6 Å². The highest BCUT2D eigenvalue weighted by Crippen LogP contribution is 2.50. The Morgan fingerprint density at radius 1 is 0.722 bits per heavy atom. The van der Waals surface area contributed by atoms with Crippen LogP contribution in [0.3, 0.4) is 0 Å². The Kier molecular flexibility index (Phi) is 8.72. The standard InChI is InChI=1S/C46H36ClN3O4/c47-41-25-29(18-19-42(41)54-28-33-16-9-15-30-14-7-8-17-35(30)33)24-40-44(51)48-46(53)50(45(40)52)34-26-38-36(31-10-3-1-4-11-31)20-22-49-23-21-37(39(27-34)43(38)49)32-12-5-2-6-13-32/h1-19,24-27,36-37H,20-23,28H2,(H,48,51,53)/b40-24+/t36-,37-/m0/s1. The van der Waals surface area contributed by atoms with Crippen LogP contribution in [0.1, 0.15) is 58.1 Å². The second-order valence-corrected chi connectivity index (χ2v) is 14.4. The lowest BCUT2D eigenvalue weighted by Gasteiger charge is -2.44. The summed E-state index contributed by atoms with van der Waals surface area (Å²) in [5, 5.41) is 4.98. The summed E-state index contributed by atoms with van der Waals surface area (Å²) in [6.45, 7) is 2.15. The van der Waals surface area contributed by atoms with Crippen molar-refractivity contribution in [1.29, 1.82) is 0 Å². The van der Waals surface area contributed by atoms with Crippen molar-refractivity contribution < 1.29 is 19.1 Å². The normalized spacial score (nSPS) is 18.8. The maximum atomic E-state index is 14.3. The summed E-state index contributed by atoms with van der Waals surface area (Å²) in [5.74, 6) is -0.828. The van der Waals surface area contributed by atoms with E-state index in [2.05, 4.69) is 52.7 Å². The zero-order valence-corrected chi connectivity index (χ0v) is 30.1. The average Bonchev–Trinajstić information content (AvgIpc) is 3.20. The Morgan fingerprint density at radius 3 is 2.02 bits per heavy atom. The molecule has 6 aromatic carbocycles. The third kappa shape index (κ3) is 6.10. The molecule has 1 fully saturated rings. The lowest BCUT2D eigenvalue weighted by molar-refractivity contribution is -0.122. The molecular weight excluding hydrogens is 694 g/mol. The van der Waals surface area contributed by atoms with E-state index in [4.69, 9.17) is 16.3 Å². The van der Waals surface area contributed by atoms with Gasteiger partial charge in [0.25, 0.3) is 11.8 Å². The Morgan fingerprint density at radius 2 is 1.35 bits per heavy atom. The van der Waals surface area contributed by atoms with Gasteiger partial charge >= 0.3 is 6.03 Å². The molecule has 6 aromatic rings. The van der Waals surface area contributed by atoms with Gasteiger partial charge in [0.15, 0.2) is 0 Å². The number of rotatable bonds is 7. The van der Waals surface area contributed by atoms with Crippen LogP contribution in [0, 0.1) is 0 Å². The number of imide groups is 2. The number of hydrogen-bond donors (Lipinski definition) is 1. The second-order valence-electron chi connectivity index (χ2n) is 14.0. The summed E-state index contributed by atoms with van der Waals surface area (Å²) in [7, 11) is 0. The fraction of sp³-hybridized carbons (Fsp3) is 0.152. The molecule has 8 heteroatoms. The predicted octanol–water partition coefficient (Wildman–Crippen LogP) is 9.62. The van der Waals surface area contributed by atoms with Crippen LogP contribution in [-0.2, 0) is 16.2 Å². The number of barbiturate groups is 1. The zero-order chi connectivity index (χ0) is 36.8. The number of amides is 4. The Balaban J connectivity index is 1.06. The zero-order valence-electron chi connectivity index (χ0n) is 29.4. The molecule has 3 aliphatic heterocycles. The van der Waals surface area contributed by atoms with E-state index in [0.717, 1.165) is 58.3 Å². The molecule has 0 spiro atoms. The molecular formula is C46H36ClN3O4. The fourth-order valence-electron chi connectivity index (χ4n) is 8.33. The smallest absolute Gasteiger partial charge is 0.335 e. The van der Waals surface area contributed by atoms with E-state index >= 15 is 0 Å². The molecule has 4 amide bonds.